The highest BCUT2D eigenvalue weighted by Crippen LogP contribution is 2.30. The average Bonchev–Trinajstić information content (AvgIpc) is 3.09. The van der Waals surface area contributed by atoms with Crippen LogP contribution in [0.25, 0.3) is 0 Å². The number of anilines is 1. The molecule has 1 atom stereocenters. The molecule has 176 valence electrons. The Labute approximate surface area is 198 Å². The molecule has 3 aromatic rings. The largest absolute Gasteiger partial charge is 0.493 e. The molecule has 8 nitrogen and oxygen atoms in total. The molecule has 0 radical (unpaired) electrons. The number of rotatable bonds is 7. The van der Waals surface area contributed by atoms with E-state index in [2.05, 4.69) is 15.0 Å². The zero-order valence-electron chi connectivity index (χ0n) is 19.0. The van der Waals surface area contributed by atoms with Gasteiger partial charge in [-0.1, -0.05) is 18.2 Å². The molecule has 1 aliphatic rings. The molecule has 0 fully saturated rings. The van der Waals surface area contributed by atoms with Gasteiger partial charge in [0.1, 0.15) is 4.90 Å². The van der Waals surface area contributed by atoms with Crippen molar-refractivity contribution in [1.29, 1.82) is 0 Å². The van der Waals surface area contributed by atoms with Gasteiger partial charge in [-0.15, -0.1) is 4.40 Å². The van der Waals surface area contributed by atoms with Gasteiger partial charge in [0.2, 0.25) is 0 Å². The highest BCUT2D eigenvalue weighted by atomic mass is 32.2. The molecule has 2 N–H and O–H groups in total. The first-order valence-electron chi connectivity index (χ1n) is 10.8. The second-order valence-electron chi connectivity index (χ2n) is 7.65. The first kappa shape index (κ1) is 23.3. The zero-order valence-corrected chi connectivity index (χ0v) is 19.8. The second kappa shape index (κ2) is 9.56. The van der Waals surface area contributed by atoms with E-state index in [1.165, 1.54) is 6.07 Å². The Morgan fingerprint density at radius 1 is 1.03 bits per heavy atom. The third-order valence-electron chi connectivity index (χ3n) is 5.38. The van der Waals surface area contributed by atoms with Crippen molar-refractivity contribution < 1.29 is 22.7 Å². The van der Waals surface area contributed by atoms with Crippen LogP contribution in [-0.4, -0.2) is 33.9 Å². The minimum Gasteiger partial charge on any atom is -0.493 e. The fourth-order valence-corrected chi connectivity index (χ4v) is 4.80. The predicted octanol–water partition coefficient (Wildman–Crippen LogP) is 4.15. The minimum absolute atomic E-state index is 0.174. The lowest BCUT2D eigenvalue weighted by atomic mass is 10.1. The van der Waals surface area contributed by atoms with Crippen molar-refractivity contribution in [3.8, 4) is 11.5 Å². The number of fused-ring (bicyclic) bond motifs is 1. The Morgan fingerprint density at radius 2 is 1.76 bits per heavy atom. The monoisotopic (exact) mass is 479 g/mol. The standard InChI is InChI=1S/C25H25N3O5S/c1-4-33-21-14-11-18(15-22(21)32-3)16(2)26-25(29)17-9-12-19(13-10-17)27-24-20-7-5-6-8-23(20)34(30,31)28-24/h5-16H,4H2,1-3H3,(H,26,29)(H,27,28). The lowest BCUT2D eigenvalue weighted by Crippen LogP contribution is -2.26. The number of benzene rings is 3. The smallest absolute Gasteiger partial charge is 0.285 e. The summed E-state index contributed by atoms with van der Waals surface area (Å²) in [5, 5.41) is 6.00. The molecule has 4 rings (SSSR count). The van der Waals surface area contributed by atoms with Gasteiger partial charge >= 0.3 is 0 Å². The molecule has 0 saturated carbocycles. The fraction of sp³-hybridized carbons (Fsp3) is 0.200. The highest BCUT2D eigenvalue weighted by Gasteiger charge is 2.28. The predicted molar refractivity (Wildman–Crippen MR) is 130 cm³/mol. The molecule has 0 bridgehead atoms. The molecule has 9 heteroatoms. The Bertz CT molecular complexity index is 1350. The maximum Gasteiger partial charge on any atom is 0.285 e. The number of carbonyl (C=O) groups excluding carboxylic acids is 1. The van der Waals surface area contributed by atoms with Gasteiger partial charge < -0.3 is 20.1 Å². The van der Waals surface area contributed by atoms with Crippen LogP contribution in [0.15, 0.2) is 76.0 Å². The van der Waals surface area contributed by atoms with Crippen molar-refractivity contribution in [2.24, 2.45) is 4.40 Å². The lowest BCUT2D eigenvalue weighted by Gasteiger charge is -2.17. The van der Waals surface area contributed by atoms with Crippen molar-refractivity contribution in [3.63, 3.8) is 0 Å². The summed E-state index contributed by atoms with van der Waals surface area (Å²) in [5.74, 6) is 1.27. The van der Waals surface area contributed by atoms with E-state index in [0.29, 0.717) is 34.9 Å². The number of amidine groups is 1. The van der Waals surface area contributed by atoms with Crippen LogP contribution in [0.1, 0.15) is 41.4 Å². The van der Waals surface area contributed by atoms with Gasteiger partial charge in [0.15, 0.2) is 17.3 Å². The van der Waals surface area contributed by atoms with Crippen LogP contribution in [0.2, 0.25) is 0 Å². The summed E-state index contributed by atoms with van der Waals surface area (Å²) in [6.07, 6.45) is 0. The van der Waals surface area contributed by atoms with E-state index in [-0.39, 0.29) is 22.7 Å². The van der Waals surface area contributed by atoms with Gasteiger partial charge in [-0.3, -0.25) is 4.79 Å². The van der Waals surface area contributed by atoms with E-state index in [0.717, 1.165) is 5.56 Å². The maximum absolute atomic E-state index is 12.8. The summed E-state index contributed by atoms with van der Waals surface area (Å²) < 4.78 is 39.2. The van der Waals surface area contributed by atoms with Crippen LogP contribution >= 0.6 is 0 Å². The van der Waals surface area contributed by atoms with Crippen LogP contribution in [0.4, 0.5) is 5.69 Å². The first-order chi connectivity index (χ1) is 16.3. The highest BCUT2D eigenvalue weighted by molar-refractivity contribution is 7.90. The van der Waals surface area contributed by atoms with Gasteiger partial charge in [-0.2, -0.15) is 8.42 Å². The fourth-order valence-electron chi connectivity index (χ4n) is 3.63. The number of carbonyl (C=O) groups is 1. The second-order valence-corrected chi connectivity index (χ2v) is 9.22. The Kier molecular flexibility index (Phi) is 6.56. The number of nitrogens with one attached hydrogen (secondary N) is 2. The first-order valence-corrected chi connectivity index (χ1v) is 12.2. The van der Waals surface area contributed by atoms with E-state index in [1.807, 2.05) is 32.0 Å². The molecule has 3 aromatic carbocycles. The van der Waals surface area contributed by atoms with Crippen LogP contribution in [-0.2, 0) is 10.0 Å². The molecule has 0 aromatic heterocycles. The zero-order chi connectivity index (χ0) is 24.3. The lowest BCUT2D eigenvalue weighted by molar-refractivity contribution is 0.0940. The topological polar surface area (TPSA) is 106 Å². The SMILES string of the molecule is CCOc1ccc(C(C)NC(=O)c2ccc(NC3=NS(=O)(=O)c4ccccc43)cc2)cc1OC. The van der Waals surface area contributed by atoms with Gasteiger partial charge in [0.25, 0.3) is 15.9 Å². The van der Waals surface area contributed by atoms with Crippen molar-refractivity contribution in [3.05, 3.63) is 83.4 Å². The minimum atomic E-state index is -3.70. The Hall–Kier alpha value is -3.85. The van der Waals surface area contributed by atoms with E-state index in [1.54, 1.807) is 49.6 Å². The quantitative estimate of drug-likeness (QED) is 0.527. The van der Waals surface area contributed by atoms with Crippen LogP contribution in [0.3, 0.4) is 0 Å². The Morgan fingerprint density at radius 3 is 2.47 bits per heavy atom. The third kappa shape index (κ3) is 4.74. The molecular weight excluding hydrogens is 454 g/mol. The number of sulfonamides is 1. The van der Waals surface area contributed by atoms with E-state index in [9.17, 15) is 13.2 Å². The molecule has 0 saturated heterocycles. The number of hydrogen-bond donors (Lipinski definition) is 2. The normalized spacial score (nSPS) is 14.5. The molecular formula is C25H25N3O5S. The van der Waals surface area contributed by atoms with E-state index >= 15 is 0 Å². The van der Waals surface area contributed by atoms with Crippen molar-refractivity contribution in [1.82, 2.24) is 5.32 Å². The molecule has 1 amide bonds. The van der Waals surface area contributed by atoms with Crippen molar-refractivity contribution in [2.75, 3.05) is 19.0 Å². The van der Waals surface area contributed by atoms with E-state index < -0.39 is 10.0 Å². The summed E-state index contributed by atoms with van der Waals surface area (Å²) in [6.45, 7) is 4.32. The summed E-state index contributed by atoms with van der Waals surface area (Å²) in [7, 11) is -2.13. The molecule has 34 heavy (non-hydrogen) atoms. The summed E-state index contributed by atoms with van der Waals surface area (Å²) >= 11 is 0. The number of nitrogens with zero attached hydrogens (tertiary/aromatic N) is 1. The van der Waals surface area contributed by atoms with Crippen molar-refractivity contribution >= 4 is 27.5 Å². The van der Waals surface area contributed by atoms with Gasteiger partial charge in [-0.25, -0.2) is 0 Å². The third-order valence-corrected chi connectivity index (χ3v) is 6.71. The molecule has 1 unspecified atom stereocenters. The van der Waals surface area contributed by atoms with Crippen molar-refractivity contribution in [2.45, 2.75) is 24.8 Å². The Balaban J connectivity index is 1.44. The van der Waals surface area contributed by atoms with Crippen LogP contribution in [0.5, 0.6) is 11.5 Å². The average molecular weight is 480 g/mol. The molecule has 1 heterocycles. The number of ether oxygens (including phenoxy) is 2. The number of hydrogen-bond acceptors (Lipinski definition) is 6. The van der Waals surface area contributed by atoms with Gasteiger partial charge in [-0.05, 0) is 67.9 Å². The molecule has 0 spiro atoms. The maximum atomic E-state index is 12.8. The molecule has 1 aliphatic heterocycles. The number of methoxy groups -OCH3 is 1. The van der Waals surface area contributed by atoms with Crippen LogP contribution < -0.4 is 20.1 Å². The van der Waals surface area contributed by atoms with Crippen LogP contribution in [0, 0.1) is 0 Å². The van der Waals surface area contributed by atoms with Gasteiger partial charge in [0.05, 0.1) is 19.8 Å². The summed E-state index contributed by atoms with van der Waals surface area (Å²) in [5.41, 5.74) is 2.48. The summed E-state index contributed by atoms with van der Waals surface area (Å²) in [6, 6.07) is 18.7. The van der Waals surface area contributed by atoms with E-state index in [4.69, 9.17) is 9.47 Å². The molecule has 0 aliphatic carbocycles. The number of amides is 1. The van der Waals surface area contributed by atoms with Gasteiger partial charge in [0, 0.05) is 16.8 Å². The summed E-state index contributed by atoms with van der Waals surface area (Å²) in [4.78, 5) is 12.9.